The summed E-state index contributed by atoms with van der Waals surface area (Å²) >= 11 is 0. The molecule has 0 aliphatic heterocycles. The van der Waals surface area contributed by atoms with Gasteiger partial charge in [-0.15, -0.1) is 24.0 Å². The minimum Gasteiger partial charge on any atom is -0.378 e. The zero-order valence-electron chi connectivity index (χ0n) is 16.0. The molecule has 0 aliphatic carbocycles. The molecule has 1 atom stereocenters. The number of aliphatic imine (C=N–C) groups is 1. The lowest BCUT2D eigenvalue weighted by molar-refractivity contribution is 0.0266. The van der Waals surface area contributed by atoms with Crippen molar-refractivity contribution >= 4 is 29.9 Å². The van der Waals surface area contributed by atoms with Crippen molar-refractivity contribution in [3.63, 3.8) is 0 Å². The van der Waals surface area contributed by atoms with Crippen LogP contribution in [-0.2, 0) is 18.3 Å². The number of nitrogens with zero attached hydrogens (tertiary/aromatic N) is 4. The highest BCUT2D eigenvalue weighted by Gasteiger charge is 2.13. The van der Waals surface area contributed by atoms with Gasteiger partial charge in [0.05, 0.1) is 12.3 Å². The number of hydrogen-bond donors (Lipinski definition) is 1. The zero-order chi connectivity index (χ0) is 17.2. The van der Waals surface area contributed by atoms with Crippen LogP contribution in [0.3, 0.4) is 0 Å². The number of rotatable bonds is 9. The van der Waals surface area contributed by atoms with Gasteiger partial charge in [-0.05, 0) is 26.2 Å². The van der Waals surface area contributed by atoms with E-state index in [9.17, 15) is 0 Å². The van der Waals surface area contributed by atoms with E-state index in [2.05, 4.69) is 43.1 Å². The second-order valence-electron chi connectivity index (χ2n) is 6.14. The highest BCUT2D eigenvalue weighted by molar-refractivity contribution is 14.0. The smallest absolute Gasteiger partial charge is 0.193 e. The minimum absolute atomic E-state index is 0. The van der Waals surface area contributed by atoms with Crippen molar-refractivity contribution in [2.24, 2.45) is 18.0 Å². The number of aromatic nitrogens is 2. The summed E-state index contributed by atoms with van der Waals surface area (Å²) in [4.78, 5) is 6.88. The first-order valence-corrected chi connectivity index (χ1v) is 8.56. The van der Waals surface area contributed by atoms with Crippen LogP contribution in [0.15, 0.2) is 17.4 Å². The molecule has 0 saturated carbocycles. The topological polar surface area (TPSA) is 54.7 Å². The molecule has 7 heteroatoms. The quantitative estimate of drug-likeness (QED) is 0.357. The largest absolute Gasteiger partial charge is 0.378 e. The van der Waals surface area contributed by atoms with Crippen molar-refractivity contribution in [1.82, 2.24) is 20.0 Å². The van der Waals surface area contributed by atoms with Crippen molar-refractivity contribution < 1.29 is 4.74 Å². The summed E-state index contributed by atoms with van der Waals surface area (Å²) in [7, 11) is 3.99. The Morgan fingerprint density at radius 1 is 1.42 bits per heavy atom. The van der Waals surface area contributed by atoms with Gasteiger partial charge in [0.2, 0.25) is 0 Å². The third kappa shape index (κ3) is 8.32. The molecule has 1 N–H and O–H groups in total. The lowest BCUT2D eigenvalue weighted by Gasteiger charge is -2.23. The predicted octanol–water partition coefficient (Wildman–Crippen LogP) is 2.89. The van der Waals surface area contributed by atoms with Gasteiger partial charge in [-0.3, -0.25) is 9.67 Å². The van der Waals surface area contributed by atoms with E-state index in [0.29, 0.717) is 5.92 Å². The highest BCUT2D eigenvalue weighted by atomic mass is 127. The van der Waals surface area contributed by atoms with Crippen LogP contribution >= 0.6 is 24.0 Å². The summed E-state index contributed by atoms with van der Waals surface area (Å²) in [5, 5.41) is 7.57. The van der Waals surface area contributed by atoms with Crippen LogP contribution in [0.1, 0.15) is 39.7 Å². The van der Waals surface area contributed by atoms with Crippen molar-refractivity contribution in [3.05, 3.63) is 18.0 Å². The molecule has 140 valence electrons. The van der Waals surface area contributed by atoms with Crippen LogP contribution in [0.2, 0.25) is 0 Å². The molecule has 0 saturated heterocycles. The molecule has 0 aliphatic rings. The Balaban J connectivity index is 0.00000529. The molecule has 1 aromatic heterocycles. The predicted molar refractivity (Wildman–Crippen MR) is 111 cm³/mol. The van der Waals surface area contributed by atoms with E-state index in [1.165, 1.54) is 5.56 Å². The Bertz CT molecular complexity index is 475. The molecule has 0 radical (unpaired) electrons. The van der Waals surface area contributed by atoms with Gasteiger partial charge >= 0.3 is 0 Å². The molecule has 1 heterocycles. The fourth-order valence-corrected chi connectivity index (χ4v) is 2.49. The van der Waals surface area contributed by atoms with Gasteiger partial charge in [-0.25, -0.2) is 0 Å². The van der Waals surface area contributed by atoms with Crippen LogP contribution in [0.5, 0.6) is 0 Å². The monoisotopic (exact) mass is 451 g/mol. The van der Waals surface area contributed by atoms with Gasteiger partial charge < -0.3 is 15.0 Å². The molecule has 0 amide bonds. The summed E-state index contributed by atoms with van der Waals surface area (Å²) in [6.07, 6.45) is 5.14. The second-order valence-corrected chi connectivity index (χ2v) is 6.14. The Morgan fingerprint density at radius 3 is 2.62 bits per heavy atom. The van der Waals surface area contributed by atoms with Crippen LogP contribution in [0.4, 0.5) is 0 Å². The Hall–Kier alpha value is -0.830. The van der Waals surface area contributed by atoms with Gasteiger partial charge in [0.15, 0.2) is 5.96 Å². The molecular formula is C17H34IN5O. The first-order chi connectivity index (χ1) is 11.0. The van der Waals surface area contributed by atoms with E-state index in [1.807, 2.05) is 31.0 Å². The molecular weight excluding hydrogens is 417 g/mol. The molecule has 0 bridgehead atoms. The minimum atomic E-state index is 0. The number of nitrogens with one attached hydrogen (secondary N) is 1. The second kappa shape index (κ2) is 12.5. The van der Waals surface area contributed by atoms with Crippen LogP contribution in [0.25, 0.3) is 0 Å². The average Bonchev–Trinajstić information content (AvgIpc) is 2.90. The maximum absolute atomic E-state index is 5.79. The molecule has 0 fully saturated rings. The maximum atomic E-state index is 5.79. The van der Waals surface area contributed by atoms with Gasteiger partial charge in [0, 0.05) is 52.1 Å². The van der Waals surface area contributed by atoms with Crippen molar-refractivity contribution in [2.75, 3.05) is 26.7 Å². The first-order valence-electron chi connectivity index (χ1n) is 8.56. The Kier molecular flexibility index (Phi) is 12.1. The molecule has 1 rings (SSSR count). The van der Waals surface area contributed by atoms with Gasteiger partial charge in [0.1, 0.15) is 0 Å². The first kappa shape index (κ1) is 23.2. The van der Waals surface area contributed by atoms with Gasteiger partial charge in [-0.1, -0.05) is 13.8 Å². The Morgan fingerprint density at radius 2 is 2.12 bits per heavy atom. The van der Waals surface area contributed by atoms with E-state index in [-0.39, 0.29) is 30.1 Å². The fraction of sp³-hybridized carbons (Fsp3) is 0.765. The third-order valence-corrected chi connectivity index (χ3v) is 3.67. The standard InChI is InChI=1S/C17H33N5O.HI/c1-7-18-17(19-10-9-16(14(3)4)23-8-2)21(5)12-15-11-20-22(6)13-15;/h11,13-14,16H,7-10,12H2,1-6H3,(H,18,19);1H. The van der Waals surface area contributed by atoms with Crippen LogP contribution in [0, 0.1) is 5.92 Å². The van der Waals surface area contributed by atoms with E-state index in [1.54, 1.807) is 0 Å². The molecule has 6 nitrogen and oxygen atoms in total. The summed E-state index contributed by atoms with van der Waals surface area (Å²) in [6, 6.07) is 0. The summed E-state index contributed by atoms with van der Waals surface area (Å²) in [5.41, 5.74) is 1.18. The summed E-state index contributed by atoms with van der Waals surface area (Å²) in [6.45, 7) is 11.7. The van der Waals surface area contributed by atoms with E-state index >= 15 is 0 Å². The van der Waals surface area contributed by atoms with Crippen molar-refractivity contribution in [3.8, 4) is 0 Å². The number of ether oxygens (including phenoxy) is 1. The van der Waals surface area contributed by atoms with Crippen molar-refractivity contribution in [2.45, 2.75) is 46.8 Å². The lowest BCUT2D eigenvalue weighted by atomic mass is 10.0. The molecule has 1 aromatic rings. The van der Waals surface area contributed by atoms with E-state index in [4.69, 9.17) is 9.73 Å². The third-order valence-electron chi connectivity index (χ3n) is 3.67. The van der Waals surface area contributed by atoms with E-state index in [0.717, 1.165) is 38.6 Å². The molecule has 24 heavy (non-hydrogen) atoms. The lowest BCUT2D eigenvalue weighted by Crippen LogP contribution is -2.38. The summed E-state index contributed by atoms with van der Waals surface area (Å²) < 4.78 is 7.61. The number of halogens is 1. The number of guanidine groups is 1. The number of aryl methyl sites for hydroxylation is 1. The van der Waals surface area contributed by atoms with Gasteiger partial charge in [0.25, 0.3) is 0 Å². The molecule has 0 spiro atoms. The average molecular weight is 451 g/mol. The van der Waals surface area contributed by atoms with Crippen LogP contribution < -0.4 is 5.32 Å². The summed E-state index contributed by atoms with van der Waals surface area (Å²) in [5.74, 6) is 1.44. The van der Waals surface area contributed by atoms with Gasteiger partial charge in [-0.2, -0.15) is 5.10 Å². The van der Waals surface area contributed by atoms with Crippen molar-refractivity contribution in [1.29, 1.82) is 0 Å². The fourth-order valence-electron chi connectivity index (χ4n) is 2.49. The Labute approximate surface area is 164 Å². The van der Waals surface area contributed by atoms with E-state index < -0.39 is 0 Å². The van der Waals surface area contributed by atoms with Crippen LogP contribution in [-0.4, -0.2) is 53.5 Å². The molecule has 0 aromatic carbocycles. The highest BCUT2D eigenvalue weighted by Crippen LogP contribution is 2.11. The zero-order valence-corrected chi connectivity index (χ0v) is 18.3. The number of hydrogen-bond acceptors (Lipinski definition) is 3. The maximum Gasteiger partial charge on any atom is 0.193 e. The normalized spacial score (nSPS) is 12.9. The SMILES string of the molecule is CCNC(=NCCC(OCC)C(C)C)N(C)Cc1cnn(C)c1.I. The molecule has 1 unspecified atom stereocenters.